The first kappa shape index (κ1) is 10.4. The molecule has 1 radical (unpaired) electrons. The van der Waals surface area contributed by atoms with Crippen molar-refractivity contribution in [3.8, 4) is 0 Å². The van der Waals surface area contributed by atoms with E-state index in [0.29, 0.717) is 0 Å². The van der Waals surface area contributed by atoms with Gasteiger partial charge in [0.15, 0.2) is 0 Å². The monoisotopic (exact) mass is 213 g/mol. The molecule has 0 nitrogen and oxygen atoms in total. The Hall–Kier alpha value is -0.780. The first-order valence-electron chi connectivity index (χ1n) is 6.95. The Labute approximate surface area is 99.1 Å². The molecule has 0 N–H and O–H groups in total. The normalized spacial score (nSPS) is 23.0. The van der Waals surface area contributed by atoms with Gasteiger partial charge in [0.05, 0.1) is 0 Å². The van der Waals surface area contributed by atoms with Gasteiger partial charge in [-0.3, -0.25) is 0 Å². The summed E-state index contributed by atoms with van der Waals surface area (Å²) in [5, 5.41) is 0. The van der Waals surface area contributed by atoms with E-state index in [2.05, 4.69) is 24.3 Å². The molecule has 0 atom stereocenters. The predicted octanol–water partition coefficient (Wildman–Crippen LogP) is 4.80. The Balaban J connectivity index is 1.81. The largest absolute Gasteiger partial charge is 0.0581 e. The second-order valence-corrected chi connectivity index (χ2v) is 5.54. The summed E-state index contributed by atoms with van der Waals surface area (Å²) in [7, 11) is 0. The minimum atomic E-state index is 0.821. The fraction of sp³-hybridized carbons (Fsp3) is 0.625. The molecular formula is C16H21. The van der Waals surface area contributed by atoms with Crippen molar-refractivity contribution in [3.05, 3.63) is 35.4 Å². The Bertz CT molecular complexity index is 310. The molecule has 0 unspecified atom stereocenters. The topological polar surface area (TPSA) is 0 Å². The van der Waals surface area contributed by atoms with Crippen LogP contribution in [0.3, 0.4) is 0 Å². The van der Waals surface area contributed by atoms with Crippen LogP contribution in [0.15, 0.2) is 18.2 Å². The summed E-state index contributed by atoms with van der Waals surface area (Å²) in [4.78, 5) is 0. The van der Waals surface area contributed by atoms with Crippen molar-refractivity contribution in [3.63, 3.8) is 0 Å². The second kappa shape index (κ2) is 4.61. The van der Waals surface area contributed by atoms with Gasteiger partial charge in [-0.25, -0.2) is 0 Å². The maximum Gasteiger partial charge on any atom is -0.0146 e. The molecule has 2 fully saturated rings. The molecule has 1 aromatic carbocycles. The van der Waals surface area contributed by atoms with Crippen molar-refractivity contribution in [2.75, 3.05) is 0 Å². The first-order valence-corrected chi connectivity index (χ1v) is 6.95. The second-order valence-electron chi connectivity index (χ2n) is 5.54. The third kappa shape index (κ3) is 2.03. The summed E-state index contributed by atoms with van der Waals surface area (Å²) in [5.74, 6) is 1.68. The molecule has 0 spiro atoms. The highest BCUT2D eigenvalue weighted by Crippen LogP contribution is 2.38. The molecule has 2 aliphatic rings. The van der Waals surface area contributed by atoms with E-state index in [0.717, 1.165) is 11.8 Å². The first-order chi connectivity index (χ1) is 7.93. The molecule has 0 bridgehead atoms. The molecule has 2 saturated carbocycles. The van der Waals surface area contributed by atoms with Crippen LogP contribution in [0, 0.1) is 6.07 Å². The summed E-state index contributed by atoms with van der Waals surface area (Å²) in [5.41, 5.74) is 3.10. The van der Waals surface area contributed by atoms with Gasteiger partial charge in [0.2, 0.25) is 0 Å². The fourth-order valence-corrected chi connectivity index (χ4v) is 3.49. The zero-order valence-corrected chi connectivity index (χ0v) is 10.0. The van der Waals surface area contributed by atoms with Crippen molar-refractivity contribution in [2.24, 2.45) is 0 Å². The maximum absolute atomic E-state index is 3.47. The molecule has 16 heavy (non-hydrogen) atoms. The van der Waals surface area contributed by atoms with E-state index in [1.54, 1.807) is 5.56 Å². The van der Waals surface area contributed by atoms with Crippen molar-refractivity contribution in [2.45, 2.75) is 63.2 Å². The van der Waals surface area contributed by atoms with Gasteiger partial charge in [0.1, 0.15) is 0 Å². The van der Waals surface area contributed by atoms with Crippen molar-refractivity contribution >= 4 is 0 Å². The molecule has 0 aromatic heterocycles. The van der Waals surface area contributed by atoms with Crippen LogP contribution in [0.25, 0.3) is 0 Å². The van der Waals surface area contributed by atoms with Gasteiger partial charge < -0.3 is 0 Å². The summed E-state index contributed by atoms with van der Waals surface area (Å²) < 4.78 is 0. The van der Waals surface area contributed by atoms with E-state index in [1.165, 1.54) is 56.9 Å². The summed E-state index contributed by atoms with van der Waals surface area (Å²) in [6.45, 7) is 0. The van der Waals surface area contributed by atoms with Gasteiger partial charge in [0, 0.05) is 0 Å². The Morgan fingerprint density at radius 3 is 2.19 bits per heavy atom. The zero-order chi connectivity index (χ0) is 10.8. The van der Waals surface area contributed by atoms with Gasteiger partial charge in [-0.15, -0.1) is 0 Å². The van der Waals surface area contributed by atoms with Crippen LogP contribution >= 0.6 is 0 Å². The SMILES string of the molecule is [c]1ccc(C2CCCC2)cc1C1CCCC1. The molecule has 0 heterocycles. The minimum absolute atomic E-state index is 0.821. The zero-order valence-electron chi connectivity index (χ0n) is 10.0. The van der Waals surface area contributed by atoms with Crippen LogP contribution < -0.4 is 0 Å². The van der Waals surface area contributed by atoms with Crippen LogP contribution in [-0.4, -0.2) is 0 Å². The van der Waals surface area contributed by atoms with Gasteiger partial charge in [-0.1, -0.05) is 43.9 Å². The number of benzene rings is 1. The third-order valence-electron chi connectivity index (χ3n) is 4.47. The number of rotatable bonds is 2. The van der Waals surface area contributed by atoms with Gasteiger partial charge in [-0.2, -0.15) is 0 Å². The molecule has 0 aliphatic heterocycles. The standard InChI is InChI=1S/C16H21/c1-2-7-13(6-1)15-10-5-11-16(12-15)14-8-3-4-9-14/h5,10,12-14H,1-4,6-9H2. The van der Waals surface area contributed by atoms with Crippen molar-refractivity contribution < 1.29 is 0 Å². The van der Waals surface area contributed by atoms with E-state index in [9.17, 15) is 0 Å². The lowest BCUT2D eigenvalue weighted by atomic mass is 9.91. The molecule has 0 heteroatoms. The Kier molecular flexibility index (Phi) is 2.99. The predicted molar refractivity (Wildman–Crippen MR) is 67.7 cm³/mol. The lowest BCUT2D eigenvalue weighted by Gasteiger charge is -2.14. The maximum atomic E-state index is 3.47. The quantitative estimate of drug-likeness (QED) is 0.662. The van der Waals surface area contributed by atoms with Crippen LogP contribution in [0.2, 0.25) is 0 Å². The average molecular weight is 213 g/mol. The molecule has 3 rings (SSSR count). The van der Waals surface area contributed by atoms with E-state index < -0.39 is 0 Å². The molecule has 1 aromatic rings. The third-order valence-corrected chi connectivity index (χ3v) is 4.47. The molecule has 2 aliphatic carbocycles. The van der Waals surface area contributed by atoms with Gasteiger partial charge >= 0.3 is 0 Å². The molecule has 85 valence electrons. The van der Waals surface area contributed by atoms with Crippen LogP contribution in [-0.2, 0) is 0 Å². The highest BCUT2D eigenvalue weighted by molar-refractivity contribution is 5.29. The highest BCUT2D eigenvalue weighted by Gasteiger charge is 2.20. The van der Waals surface area contributed by atoms with Crippen molar-refractivity contribution in [1.82, 2.24) is 0 Å². The fourth-order valence-electron chi connectivity index (χ4n) is 3.49. The lowest BCUT2D eigenvalue weighted by molar-refractivity contribution is 0.699. The van der Waals surface area contributed by atoms with Crippen LogP contribution in [0.5, 0.6) is 0 Å². The summed E-state index contributed by atoms with van der Waals surface area (Å²) in [6, 6.07) is 10.4. The molecule has 0 amide bonds. The van der Waals surface area contributed by atoms with E-state index in [1.807, 2.05) is 0 Å². The molecule has 0 saturated heterocycles. The average Bonchev–Trinajstić information content (AvgIpc) is 3.03. The Morgan fingerprint density at radius 1 is 0.875 bits per heavy atom. The van der Waals surface area contributed by atoms with E-state index in [4.69, 9.17) is 0 Å². The number of hydrogen-bond acceptors (Lipinski definition) is 0. The summed E-state index contributed by atoms with van der Waals surface area (Å²) >= 11 is 0. The lowest BCUT2D eigenvalue weighted by Crippen LogP contribution is -1.97. The Morgan fingerprint density at radius 2 is 1.50 bits per heavy atom. The molecular weight excluding hydrogens is 192 g/mol. The minimum Gasteiger partial charge on any atom is -0.0581 e. The van der Waals surface area contributed by atoms with Crippen LogP contribution in [0.4, 0.5) is 0 Å². The van der Waals surface area contributed by atoms with Gasteiger partial charge in [0.25, 0.3) is 0 Å². The smallest absolute Gasteiger partial charge is 0.0146 e. The van der Waals surface area contributed by atoms with E-state index >= 15 is 0 Å². The van der Waals surface area contributed by atoms with Crippen LogP contribution in [0.1, 0.15) is 74.3 Å². The van der Waals surface area contributed by atoms with Crippen molar-refractivity contribution in [1.29, 1.82) is 0 Å². The van der Waals surface area contributed by atoms with Gasteiger partial charge in [-0.05, 0) is 54.7 Å². The highest BCUT2D eigenvalue weighted by atomic mass is 14.3. The number of hydrogen-bond donors (Lipinski definition) is 0. The van der Waals surface area contributed by atoms with E-state index in [-0.39, 0.29) is 0 Å². The summed E-state index contributed by atoms with van der Waals surface area (Å²) in [6.07, 6.45) is 11.3.